The molecule has 0 saturated carbocycles. The average Bonchev–Trinajstić information content (AvgIpc) is 3.34. The summed E-state index contributed by atoms with van der Waals surface area (Å²) >= 11 is 0. The van der Waals surface area contributed by atoms with Crippen molar-refractivity contribution >= 4 is 23.5 Å². The van der Waals surface area contributed by atoms with Crippen LogP contribution in [0.4, 0.5) is 14.5 Å². The fourth-order valence-corrected chi connectivity index (χ4v) is 2.87. The first-order valence-electron chi connectivity index (χ1n) is 9.81. The first-order valence-corrected chi connectivity index (χ1v) is 9.81. The van der Waals surface area contributed by atoms with Gasteiger partial charge in [-0.1, -0.05) is 42.5 Å². The summed E-state index contributed by atoms with van der Waals surface area (Å²) in [4.78, 5) is 37.2. The highest BCUT2D eigenvalue weighted by molar-refractivity contribution is 5.96. The predicted molar refractivity (Wildman–Crippen MR) is 113 cm³/mol. The van der Waals surface area contributed by atoms with Crippen LogP contribution in [0.2, 0.25) is 0 Å². The SMILES string of the molecule is O=C(COC(=O)[C@H](Cc1ccccc1)NC(=O)c1ccco1)Nc1ccccc1OC(F)F. The minimum absolute atomic E-state index is 0.00851. The molecule has 0 radical (unpaired) electrons. The third-order valence-corrected chi connectivity index (χ3v) is 4.34. The number of benzene rings is 2. The minimum atomic E-state index is -3.07. The van der Waals surface area contributed by atoms with E-state index < -0.39 is 37.0 Å². The number of carbonyl (C=O) groups excluding carboxylic acids is 3. The van der Waals surface area contributed by atoms with Gasteiger partial charge in [0.25, 0.3) is 11.8 Å². The van der Waals surface area contributed by atoms with Gasteiger partial charge in [0.05, 0.1) is 12.0 Å². The highest BCUT2D eigenvalue weighted by Crippen LogP contribution is 2.25. The standard InChI is InChI=1S/C23H20F2N2O6/c24-23(25)33-18-10-5-4-9-16(18)26-20(28)14-32-22(30)17(13-15-7-2-1-3-8-15)27-21(29)19-11-6-12-31-19/h1-12,17,23H,13-14H2,(H,26,28)(H,27,29)/t17-/m0/s1. The Morgan fingerprint density at radius 3 is 2.36 bits per heavy atom. The Balaban J connectivity index is 1.62. The number of alkyl halides is 2. The Bertz CT molecular complexity index is 1070. The van der Waals surface area contributed by atoms with E-state index in [1.807, 2.05) is 0 Å². The maximum atomic E-state index is 12.7. The lowest BCUT2D eigenvalue weighted by Crippen LogP contribution is -2.44. The van der Waals surface area contributed by atoms with Crippen molar-refractivity contribution in [2.75, 3.05) is 11.9 Å². The Labute approximate surface area is 187 Å². The molecule has 2 amide bonds. The van der Waals surface area contributed by atoms with Gasteiger partial charge in [0, 0.05) is 6.42 Å². The normalized spacial score (nSPS) is 11.5. The van der Waals surface area contributed by atoms with Crippen LogP contribution in [0, 0.1) is 0 Å². The quantitative estimate of drug-likeness (QED) is 0.451. The smallest absolute Gasteiger partial charge is 0.387 e. The molecule has 172 valence electrons. The first-order chi connectivity index (χ1) is 15.9. The molecule has 1 atom stereocenters. The summed E-state index contributed by atoms with van der Waals surface area (Å²) in [5.74, 6) is -2.48. The summed E-state index contributed by atoms with van der Waals surface area (Å²) < 4.78 is 39.5. The van der Waals surface area contributed by atoms with Gasteiger partial charge in [0.2, 0.25) is 0 Å². The van der Waals surface area contributed by atoms with Gasteiger partial charge < -0.3 is 24.5 Å². The number of anilines is 1. The largest absolute Gasteiger partial charge is 0.459 e. The predicted octanol–water partition coefficient (Wildman–Crippen LogP) is 3.40. The molecule has 3 rings (SSSR count). The van der Waals surface area contributed by atoms with Crippen LogP contribution < -0.4 is 15.4 Å². The Morgan fingerprint density at radius 1 is 0.939 bits per heavy atom. The molecular weight excluding hydrogens is 438 g/mol. The highest BCUT2D eigenvalue weighted by Gasteiger charge is 2.25. The van der Waals surface area contributed by atoms with E-state index in [9.17, 15) is 23.2 Å². The molecule has 3 aromatic rings. The summed E-state index contributed by atoms with van der Waals surface area (Å²) in [5.41, 5.74) is 0.743. The molecule has 0 aliphatic heterocycles. The van der Waals surface area contributed by atoms with Gasteiger partial charge >= 0.3 is 12.6 Å². The van der Waals surface area contributed by atoms with E-state index in [1.165, 1.54) is 42.7 Å². The van der Waals surface area contributed by atoms with Crippen molar-refractivity contribution in [3.63, 3.8) is 0 Å². The number of amides is 2. The van der Waals surface area contributed by atoms with Gasteiger partial charge in [0.1, 0.15) is 11.8 Å². The summed E-state index contributed by atoms with van der Waals surface area (Å²) in [6.45, 7) is -3.78. The van der Waals surface area contributed by atoms with E-state index in [1.54, 1.807) is 30.3 Å². The molecule has 0 unspecified atom stereocenters. The number of nitrogens with one attached hydrogen (secondary N) is 2. The van der Waals surface area contributed by atoms with E-state index in [-0.39, 0.29) is 23.6 Å². The number of ether oxygens (including phenoxy) is 2. The van der Waals surface area contributed by atoms with Crippen molar-refractivity contribution in [2.24, 2.45) is 0 Å². The molecule has 1 aromatic heterocycles. The molecule has 0 aliphatic rings. The fourth-order valence-electron chi connectivity index (χ4n) is 2.87. The highest BCUT2D eigenvalue weighted by atomic mass is 19.3. The zero-order chi connectivity index (χ0) is 23.6. The molecule has 0 saturated heterocycles. The van der Waals surface area contributed by atoms with Gasteiger partial charge in [-0.05, 0) is 29.8 Å². The van der Waals surface area contributed by atoms with Gasteiger partial charge in [-0.25, -0.2) is 4.79 Å². The lowest BCUT2D eigenvalue weighted by molar-refractivity contribution is -0.149. The fraction of sp³-hybridized carbons (Fsp3) is 0.174. The zero-order valence-electron chi connectivity index (χ0n) is 17.2. The van der Waals surface area contributed by atoms with Crippen LogP contribution >= 0.6 is 0 Å². The molecule has 0 spiro atoms. The van der Waals surface area contributed by atoms with Crippen LogP contribution in [-0.2, 0) is 20.7 Å². The van der Waals surface area contributed by atoms with Crippen molar-refractivity contribution in [1.29, 1.82) is 0 Å². The number of furan rings is 1. The number of para-hydroxylation sites is 2. The Kier molecular flexibility index (Phi) is 8.12. The Hall–Kier alpha value is -4.21. The van der Waals surface area contributed by atoms with Gasteiger partial charge in [0.15, 0.2) is 12.4 Å². The van der Waals surface area contributed by atoms with E-state index in [4.69, 9.17) is 9.15 Å². The van der Waals surface area contributed by atoms with E-state index in [2.05, 4.69) is 15.4 Å². The summed E-state index contributed by atoms with van der Waals surface area (Å²) in [5, 5.41) is 4.88. The number of rotatable bonds is 10. The topological polar surface area (TPSA) is 107 Å². The van der Waals surface area contributed by atoms with Gasteiger partial charge in [-0.15, -0.1) is 0 Å². The zero-order valence-corrected chi connectivity index (χ0v) is 17.2. The summed E-state index contributed by atoms with van der Waals surface area (Å²) in [7, 11) is 0. The van der Waals surface area contributed by atoms with Crippen LogP contribution in [0.5, 0.6) is 5.75 Å². The van der Waals surface area contributed by atoms with Gasteiger partial charge in [-0.3, -0.25) is 9.59 Å². The van der Waals surface area contributed by atoms with Crippen LogP contribution in [0.25, 0.3) is 0 Å². The Morgan fingerprint density at radius 2 is 1.67 bits per heavy atom. The van der Waals surface area contributed by atoms with Crippen LogP contribution in [0.1, 0.15) is 16.1 Å². The van der Waals surface area contributed by atoms with E-state index in [0.717, 1.165) is 5.56 Å². The first kappa shape index (κ1) is 23.5. The summed E-state index contributed by atoms with van der Waals surface area (Å²) in [6, 6.07) is 16.3. The van der Waals surface area contributed by atoms with Crippen LogP contribution in [0.15, 0.2) is 77.4 Å². The molecule has 2 N–H and O–H groups in total. The maximum absolute atomic E-state index is 12.7. The number of esters is 1. The molecular formula is C23H20F2N2O6. The lowest BCUT2D eigenvalue weighted by atomic mass is 10.1. The summed E-state index contributed by atoms with van der Waals surface area (Å²) in [6.07, 6.45) is 1.43. The molecule has 2 aromatic carbocycles. The third kappa shape index (κ3) is 7.17. The van der Waals surface area contributed by atoms with Crippen molar-refractivity contribution < 1.29 is 37.1 Å². The van der Waals surface area contributed by atoms with Gasteiger partial charge in [-0.2, -0.15) is 8.78 Å². The number of hydrogen-bond acceptors (Lipinski definition) is 6. The minimum Gasteiger partial charge on any atom is -0.459 e. The number of halogens is 2. The second-order valence-corrected chi connectivity index (χ2v) is 6.72. The molecule has 8 nitrogen and oxygen atoms in total. The van der Waals surface area contributed by atoms with Crippen molar-refractivity contribution in [3.05, 3.63) is 84.3 Å². The van der Waals surface area contributed by atoms with E-state index >= 15 is 0 Å². The number of hydrogen-bond donors (Lipinski definition) is 2. The second kappa shape index (κ2) is 11.4. The molecule has 0 aliphatic carbocycles. The maximum Gasteiger partial charge on any atom is 0.387 e. The number of carbonyl (C=O) groups is 3. The molecule has 33 heavy (non-hydrogen) atoms. The van der Waals surface area contributed by atoms with Crippen LogP contribution in [0.3, 0.4) is 0 Å². The molecule has 10 heteroatoms. The third-order valence-electron chi connectivity index (χ3n) is 4.34. The van der Waals surface area contributed by atoms with Crippen LogP contribution in [-0.4, -0.2) is 37.0 Å². The van der Waals surface area contributed by atoms with Crippen molar-refractivity contribution in [2.45, 2.75) is 19.1 Å². The van der Waals surface area contributed by atoms with Crippen molar-refractivity contribution in [3.8, 4) is 5.75 Å². The average molecular weight is 458 g/mol. The molecule has 1 heterocycles. The monoisotopic (exact) mass is 458 g/mol. The lowest BCUT2D eigenvalue weighted by Gasteiger charge is -2.17. The second-order valence-electron chi connectivity index (χ2n) is 6.72. The van der Waals surface area contributed by atoms with E-state index in [0.29, 0.717) is 0 Å². The van der Waals surface area contributed by atoms with Crippen molar-refractivity contribution in [1.82, 2.24) is 5.32 Å². The molecule has 0 bridgehead atoms. The molecule has 0 fully saturated rings.